The molecule has 0 radical (unpaired) electrons. The van der Waals surface area contributed by atoms with Crippen molar-refractivity contribution in [2.24, 2.45) is 0 Å². The van der Waals surface area contributed by atoms with Crippen LogP contribution in [0.4, 0.5) is 0 Å². The van der Waals surface area contributed by atoms with Gasteiger partial charge in [-0.2, -0.15) is 0 Å². The summed E-state index contributed by atoms with van der Waals surface area (Å²) in [7, 11) is 0. The fourth-order valence-corrected chi connectivity index (χ4v) is 3.68. The second-order valence-electron chi connectivity index (χ2n) is 6.27. The maximum atomic E-state index is 12.4. The molecule has 0 aliphatic carbocycles. The van der Waals surface area contributed by atoms with E-state index >= 15 is 0 Å². The molecule has 0 saturated carbocycles. The third-order valence-electron chi connectivity index (χ3n) is 3.98. The molecule has 0 saturated heterocycles. The molecule has 5 nitrogen and oxygen atoms in total. The first-order chi connectivity index (χ1) is 11.9. The molecule has 0 atom stereocenters. The molecule has 3 rings (SSSR count). The van der Waals surface area contributed by atoms with Crippen LogP contribution in [0.5, 0.6) is 0 Å². The van der Waals surface area contributed by atoms with Crippen molar-refractivity contribution in [3.05, 3.63) is 47.5 Å². The molecule has 25 heavy (non-hydrogen) atoms. The first-order valence-electron chi connectivity index (χ1n) is 8.22. The lowest BCUT2D eigenvalue weighted by atomic mass is 9.95. The minimum Gasteiger partial charge on any atom is -0.480 e. The van der Waals surface area contributed by atoms with Crippen LogP contribution in [-0.2, 0) is 11.2 Å². The van der Waals surface area contributed by atoms with Crippen molar-refractivity contribution in [3.8, 4) is 11.3 Å². The molecule has 6 heteroatoms. The molecule has 0 spiro atoms. The second-order valence-corrected chi connectivity index (χ2v) is 7.87. The van der Waals surface area contributed by atoms with Gasteiger partial charge >= 0.3 is 5.97 Å². The number of pyridine rings is 1. The summed E-state index contributed by atoms with van der Waals surface area (Å²) >= 11 is 1.71. The molecule has 1 aromatic heterocycles. The smallest absolute Gasteiger partial charge is 0.323 e. The molecule has 1 aliphatic rings. The van der Waals surface area contributed by atoms with Crippen LogP contribution in [0.25, 0.3) is 11.3 Å². The average Bonchev–Trinajstić information content (AvgIpc) is 2.56. The molecule has 0 fully saturated rings. The molecule has 130 valence electrons. The molecule has 1 N–H and O–H groups in total. The van der Waals surface area contributed by atoms with Gasteiger partial charge in [0.05, 0.1) is 10.7 Å². The van der Waals surface area contributed by atoms with Gasteiger partial charge in [-0.05, 0) is 36.2 Å². The van der Waals surface area contributed by atoms with Crippen molar-refractivity contribution in [1.29, 1.82) is 0 Å². The molecule has 1 aromatic carbocycles. The van der Waals surface area contributed by atoms with E-state index in [0.29, 0.717) is 23.8 Å². The number of carboxylic acids is 1. The van der Waals surface area contributed by atoms with Crippen LogP contribution < -0.4 is 0 Å². The summed E-state index contributed by atoms with van der Waals surface area (Å²) in [4.78, 5) is 29.4. The molecule has 2 heterocycles. The number of carbonyl (C=O) groups is 2. The Bertz CT molecular complexity index is 820. The molecular formula is C19H20N2O3S. The number of nitrogens with zero attached hydrogens (tertiary/aromatic N) is 2. The van der Waals surface area contributed by atoms with Crippen LogP contribution in [0.15, 0.2) is 41.4 Å². The fourth-order valence-electron chi connectivity index (χ4n) is 2.89. The van der Waals surface area contributed by atoms with Gasteiger partial charge < -0.3 is 10.0 Å². The van der Waals surface area contributed by atoms with Gasteiger partial charge in [-0.25, -0.2) is 4.98 Å². The quantitative estimate of drug-likeness (QED) is 0.832. The van der Waals surface area contributed by atoms with Crippen molar-refractivity contribution < 1.29 is 14.7 Å². The Morgan fingerprint density at radius 1 is 1.32 bits per heavy atom. The molecular weight excluding hydrogens is 336 g/mol. The number of thioether (sulfide) groups is 1. The maximum Gasteiger partial charge on any atom is 0.323 e. The highest BCUT2D eigenvalue weighted by molar-refractivity contribution is 7.99. The Morgan fingerprint density at radius 2 is 2.12 bits per heavy atom. The SMILES string of the molecule is CC(C)Sc1cccc(-c2ccc3c(c2)CCN(CC(=O)O)C3=O)n1. The van der Waals surface area contributed by atoms with E-state index in [-0.39, 0.29) is 12.5 Å². The van der Waals surface area contributed by atoms with E-state index in [1.165, 1.54) is 4.90 Å². The molecule has 0 bridgehead atoms. The number of rotatable bonds is 5. The van der Waals surface area contributed by atoms with Crippen LogP contribution >= 0.6 is 11.8 Å². The molecule has 0 unspecified atom stereocenters. The summed E-state index contributed by atoms with van der Waals surface area (Å²) in [5.74, 6) is -1.20. The number of amides is 1. The van der Waals surface area contributed by atoms with Crippen LogP contribution in [-0.4, -0.2) is 45.2 Å². The predicted octanol–water partition coefficient (Wildman–Crippen LogP) is 3.33. The van der Waals surface area contributed by atoms with Gasteiger partial charge in [0.15, 0.2) is 0 Å². The van der Waals surface area contributed by atoms with Crippen molar-refractivity contribution in [3.63, 3.8) is 0 Å². The van der Waals surface area contributed by atoms with Crippen molar-refractivity contribution >= 4 is 23.6 Å². The van der Waals surface area contributed by atoms with Gasteiger partial charge in [0.2, 0.25) is 0 Å². The fraction of sp³-hybridized carbons (Fsp3) is 0.316. The number of hydrogen-bond acceptors (Lipinski definition) is 4. The summed E-state index contributed by atoms with van der Waals surface area (Å²) in [6.45, 7) is 4.44. The predicted molar refractivity (Wildman–Crippen MR) is 97.9 cm³/mol. The van der Waals surface area contributed by atoms with Gasteiger partial charge in [-0.15, -0.1) is 11.8 Å². The maximum absolute atomic E-state index is 12.4. The number of benzene rings is 1. The summed E-state index contributed by atoms with van der Waals surface area (Å²) < 4.78 is 0. The van der Waals surface area contributed by atoms with Crippen LogP contribution in [0, 0.1) is 0 Å². The Labute approximate surface area is 151 Å². The number of aromatic nitrogens is 1. The lowest BCUT2D eigenvalue weighted by Gasteiger charge is -2.27. The molecule has 2 aromatic rings. The summed E-state index contributed by atoms with van der Waals surface area (Å²) in [5, 5.41) is 10.4. The van der Waals surface area contributed by atoms with Gasteiger partial charge in [0.25, 0.3) is 5.91 Å². The summed E-state index contributed by atoms with van der Waals surface area (Å²) in [6.07, 6.45) is 0.655. The lowest BCUT2D eigenvalue weighted by Crippen LogP contribution is -2.40. The first-order valence-corrected chi connectivity index (χ1v) is 9.10. The third kappa shape index (κ3) is 4.02. The number of hydrogen-bond donors (Lipinski definition) is 1. The van der Waals surface area contributed by atoms with Crippen LogP contribution in [0.2, 0.25) is 0 Å². The van der Waals surface area contributed by atoms with Gasteiger partial charge in [0, 0.05) is 22.9 Å². The van der Waals surface area contributed by atoms with Gasteiger partial charge in [-0.1, -0.05) is 26.0 Å². The standard InChI is InChI=1S/C19H20N2O3S/c1-12(2)25-17-5-3-4-16(20-17)14-6-7-15-13(10-14)8-9-21(19(15)24)11-18(22)23/h3-7,10,12H,8-9,11H2,1-2H3,(H,22,23). The monoisotopic (exact) mass is 356 g/mol. The Kier molecular flexibility index (Phi) is 5.08. The number of fused-ring (bicyclic) bond motifs is 1. The largest absolute Gasteiger partial charge is 0.480 e. The van der Waals surface area contributed by atoms with E-state index in [1.54, 1.807) is 17.8 Å². The molecule has 1 aliphatic heterocycles. The minimum absolute atomic E-state index is 0.215. The van der Waals surface area contributed by atoms with Gasteiger partial charge in [0.1, 0.15) is 6.54 Å². The summed E-state index contributed by atoms with van der Waals surface area (Å²) in [5.41, 5.74) is 3.40. The van der Waals surface area contributed by atoms with E-state index in [1.807, 2.05) is 30.3 Å². The first kappa shape index (κ1) is 17.5. The van der Waals surface area contributed by atoms with E-state index in [4.69, 9.17) is 10.1 Å². The third-order valence-corrected chi connectivity index (χ3v) is 4.92. The van der Waals surface area contributed by atoms with Crippen LogP contribution in [0.3, 0.4) is 0 Å². The Hall–Kier alpha value is -2.34. The number of carbonyl (C=O) groups excluding carboxylic acids is 1. The van der Waals surface area contributed by atoms with Crippen molar-refractivity contribution in [2.45, 2.75) is 30.5 Å². The van der Waals surface area contributed by atoms with Crippen molar-refractivity contribution in [1.82, 2.24) is 9.88 Å². The number of aliphatic carboxylic acids is 1. The zero-order valence-electron chi connectivity index (χ0n) is 14.2. The normalized spacial score (nSPS) is 13.9. The minimum atomic E-state index is -0.989. The zero-order chi connectivity index (χ0) is 18.0. The van der Waals surface area contributed by atoms with E-state index in [9.17, 15) is 9.59 Å². The molecule has 1 amide bonds. The lowest BCUT2D eigenvalue weighted by molar-refractivity contribution is -0.137. The van der Waals surface area contributed by atoms with E-state index < -0.39 is 5.97 Å². The van der Waals surface area contributed by atoms with E-state index in [0.717, 1.165) is 21.8 Å². The number of carboxylic acid groups (broad SMARTS) is 1. The summed E-state index contributed by atoms with van der Waals surface area (Å²) in [6, 6.07) is 11.6. The van der Waals surface area contributed by atoms with Crippen molar-refractivity contribution in [2.75, 3.05) is 13.1 Å². The second kappa shape index (κ2) is 7.27. The topological polar surface area (TPSA) is 70.5 Å². The Morgan fingerprint density at radius 3 is 2.84 bits per heavy atom. The Balaban J connectivity index is 1.88. The highest BCUT2D eigenvalue weighted by Crippen LogP contribution is 2.28. The zero-order valence-corrected chi connectivity index (χ0v) is 15.0. The van der Waals surface area contributed by atoms with Gasteiger partial charge in [-0.3, -0.25) is 9.59 Å². The highest BCUT2D eigenvalue weighted by Gasteiger charge is 2.26. The average molecular weight is 356 g/mol. The van der Waals surface area contributed by atoms with Crippen LogP contribution in [0.1, 0.15) is 29.8 Å². The highest BCUT2D eigenvalue weighted by atomic mass is 32.2. The van der Waals surface area contributed by atoms with E-state index in [2.05, 4.69) is 13.8 Å².